The summed E-state index contributed by atoms with van der Waals surface area (Å²) in [6.07, 6.45) is 3.30. The van der Waals surface area contributed by atoms with Crippen LogP contribution in [0.2, 0.25) is 0 Å². The molecule has 26 heavy (non-hydrogen) atoms. The lowest BCUT2D eigenvalue weighted by molar-refractivity contribution is -0.123. The summed E-state index contributed by atoms with van der Waals surface area (Å²) in [5, 5.41) is 6.03. The molecule has 2 heterocycles. The summed E-state index contributed by atoms with van der Waals surface area (Å²) >= 11 is 0. The van der Waals surface area contributed by atoms with Crippen molar-refractivity contribution in [3.8, 4) is 0 Å². The van der Waals surface area contributed by atoms with E-state index in [4.69, 9.17) is 4.42 Å². The van der Waals surface area contributed by atoms with E-state index in [0.29, 0.717) is 12.1 Å². The lowest BCUT2D eigenvalue weighted by Crippen LogP contribution is -2.47. The molecular weight excluding hydrogens is 330 g/mol. The Balaban J connectivity index is 1.39. The van der Waals surface area contributed by atoms with Crippen LogP contribution >= 0.6 is 0 Å². The van der Waals surface area contributed by atoms with Gasteiger partial charge in [-0.15, -0.1) is 0 Å². The van der Waals surface area contributed by atoms with Crippen LogP contribution in [0.5, 0.6) is 0 Å². The molecule has 1 saturated heterocycles. The number of benzene rings is 1. The minimum Gasteiger partial charge on any atom is -0.467 e. The van der Waals surface area contributed by atoms with Gasteiger partial charge in [0.05, 0.1) is 18.8 Å². The van der Waals surface area contributed by atoms with Gasteiger partial charge >= 0.3 is 0 Å². The topological polar surface area (TPSA) is 74.6 Å². The highest BCUT2D eigenvalue weighted by atomic mass is 16.3. The third-order valence-electron chi connectivity index (χ3n) is 4.67. The highest BCUT2D eigenvalue weighted by Gasteiger charge is 2.23. The molecule has 1 atom stereocenters. The van der Waals surface area contributed by atoms with Crippen LogP contribution in [0, 0.1) is 0 Å². The van der Waals surface area contributed by atoms with Gasteiger partial charge in [-0.1, -0.05) is 18.2 Å². The van der Waals surface area contributed by atoms with Gasteiger partial charge in [-0.3, -0.25) is 14.5 Å². The lowest BCUT2D eigenvalue weighted by Gasteiger charge is -2.32. The largest absolute Gasteiger partial charge is 0.467 e. The number of nitrogens with one attached hydrogen (secondary N) is 2. The second kappa shape index (κ2) is 8.67. The normalized spacial score (nSPS) is 16.8. The summed E-state index contributed by atoms with van der Waals surface area (Å²) in [6, 6.07) is 12.9. The van der Waals surface area contributed by atoms with Gasteiger partial charge in [0.25, 0.3) is 5.91 Å². The van der Waals surface area contributed by atoms with Gasteiger partial charge in [-0.25, -0.2) is 0 Å². The molecule has 0 radical (unpaired) electrons. The summed E-state index contributed by atoms with van der Waals surface area (Å²) in [4.78, 5) is 26.5. The molecule has 1 unspecified atom stereocenters. The van der Waals surface area contributed by atoms with Crippen molar-refractivity contribution >= 4 is 11.8 Å². The lowest BCUT2D eigenvalue weighted by atomic mass is 10.0. The smallest absolute Gasteiger partial charge is 0.251 e. The quantitative estimate of drug-likeness (QED) is 0.834. The van der Waals surface area contributed by atoms with E-state index in [-0.39, 0.29) is 23.9 Å². The van der Waals surface area contributed by atoms with E-state index >= 15 is 0 Å². The first kappa shape index (κ1) is 18.2. The molecule has 0 saturated carbocycles. The number of nitrogens with zero attached hydrogens (tertiary/aromatic N) is 1. The van der Waals surface area contributed by atoms with E-state index in [1.54, 1.807) is 6.26 Å². The number of likely N-dealkylation sites (tertiary alicyclic amines) is 1. The highest BCUT2D eigenvalue weighted by molar-refractivity contribution is 5.94. The minimum atomic E-state index is -0.139. The molecule has 1 aliphatic rings. The molecule has 2 aromatic rings. The summed E-state index contributed by atoms with van der Waals surface area (Å²) in [5.41, 5.74) is 0.682. The second-order valence-electron chi connectivity index (χ2n) is 6.69. The number of piperidine rings is 1. The number of carbonyl (C=O) groups is 2. The summed E-state index contributed by atoms with van der Waals surface area (Å²) in [7, 11) is 0. The van der Waals surface area contributed by atoms with Crippen LogP contribution < -0.4 is 10.6 Å². The van der Waals surface area contributed by atoms with Crippen LogP contribution in [0.25, 0.3) is 0 Å². The highest BCUT2D eigenvalue weighted by Crippen LogP contribution is 2.14. The fourth-order valence-corrected chi connectivity index (χ4v) is 3.19. The summed E-state index contributed by atoms with van der Waals surface area (Å²) in [6.45, 7) is 3.86. The third kappa shape index (κ3) is 4.95. The maximum absolute atomic E-state index is 12.2. The molecular formula is C20H25N3O3. The van der Waals surface area contributed by atoms with Gasteiger partial charge in [0.2, 0.25) is 5.91 Å². The molecule has 138 valence electrons. The van der Waals surface area contributed by atoms with Crippen LogP contribution in [0.3, 0.4) is 0 Å². The third-order valence-corrected chi connectivity index (χ3v) is 4.67. The zero-order valence-electron chi connectivity index (χ0n) is 15.0. The number of furan rings is 1. The van der Waals surface area contributed by atoms with Crippen molar-refractivity contribution in [2.24, 2.45) is 0 Å². The van der Waals surface area contributed by atoms with Crippen molar-refractivity contribution in [3.63, 3.8) is 0 Å². The van der Waals surface area contributed by atoms with E-state index in [1.165, 1.54) is 0 Å². The van der Waals surface area contributed by atoms with Crippen molar-refractivity contribution in [1.29, 1.82) is 0 Å². The Kier molecular flexibility index (Phi) is 6.07. The molecule has 1 aliphatic heterocycles. The van der Waals surface area contributed by atoms with E-state index in [0.717, 1.165) is 31.7 Å². The first-order valence-electron chi connectivity index (χ1n) is 9.03. The number of rotatable bonds is 6. The first-order valence-corrected chi connectivity index (χ1v) is 9.03. The molecule has 1 aromatic heterocycles. The zero-order chi connectivity index (χ0) is 18.4. The molecule has 2 amide bonds. The van der Waals surface area contributed by atoms with Crippen LogP contribution in [-0.2, 0) is 4.79 Å². The number of hydrogen-bond donors (Lipinski definition) is 2. The van der Waals surface area contributed by atoms with Gasteiger partial charge in [-0.2, -0.15) is 0 Å². The van der Waals surface area contributed by atoms with Crippen LogP contribution in [-0.4, -0.2) is 42.4 Å². The van der Waals surface area contributed by atoms with Gasteiger partial charge in [0.1, 0.15) is 5.76 Å². The van der Waals surface area contributed by atoms with Crippen LogP contribution in [0.1, 0.15) is 41.9 Å². The van der Waals surface area contributed by atoms with Gasteiger partial charge in [0.15, 0.2) is 0 Å². The summed E-state index contributed by atoms with van der Waals surface area (Å²) < 4.78 is 5.31. The average molecular weight is 355 g/mol. The van der Waals surface area contributed by atoms with E-state index < -0.39 is 0 Å². The Bertz CT molecular complexity index is 707. The van der Waals surface area contributed by atoms with Crippen molar-refractivity contribution in [2.75, 3.05) is 19.6 Å². The second-order valence-corrected chi connectivity index (χ2v) is 6.69. The van der Waals surface area contributed by atoms with E-state index in [9.17, 15) is 9.59 Å². The van der Waals surface area contributed by atoms with Crippen LogP contribution in [0.4, 0.5) is 0 Å². The number of hydrogen-bond acceptors (Lipinski definition) is 4. The average Bonchev–Trinajstić information content (AvgIpc) is 3.19. The predicted octanol–water partition coefficient (Wildman–Crippen LogP) is 2.35. The monoisotopic (exact) mass is 355 g/mol. The van der Waals surface area contributed by atoms with Crippen molar-refractivity contribution in [2.45, 2.75) is 31.8 Å². The molecule has 1 fully saturated rings. The van der Waals surface area contributed by atoms with E-state index in [2.05, 4.69) is 15.5 Å². The molecule has 1 aromatic carbocycles. The van der Waals surface area contributed by atoms with Gasteiger partial charge < -0.3 is 15.1 Å². The zero-order valence-corrected chi connectivity index (χ0v) is 15.0. The van der Waals surface area contributed by atoms with Crippen LogP contribution in [0.15, 0.2) is 53.1 Å². The molecule has 6 heteroatoms. The number of amides is 2. The predicted molar refractivity (Wildman–Crippen MR) is 98.6 cm³/mol. The molecule has 3 rings (SSSR count). The first-order chi connectivity index (χ1) is 12.6. The SMILES string of the molecule is CC(NC(=O)CN1CCC(NC(=O)c2ccccc2)CC1)c1ccco1. The molecule has 2 N–H and O–H groups in total. The van der Waals surface area contributed by atoms with Gasteiger partial charge in [0, 0.05) is 24.7 Å². The Morgan fingerprint density at radius 1 is 1.15 bits per heavy atom. The maximum atomic E-state index is 12.2. The van der Waals surface area contributed by atoms with Crippen molar-refractivity contribution in [1.82, 2.24) is 15.5 Å². The molecule has 0 bridgehead atoms. The minimum absolute atomic E-state index is 0.0133. The Morgan fingerprint density at radius 2 is 1.88 bits per heavy atom. The van der Waals surface area contributed by atoms with Crippen molar-refractivity contribution < 1.29 is 14.0 Å². The van der Waals surface area contributed by atoms with Crippen molar-refractivity contribution in [3.05, 3.63) is 60.1 Å². The Labute approximate surface area is 153 Å². The standard InChI is InChI=1S/C20H25N3O3/c1-15(18-8-5-13-26-18)21-19(24)14-23-11-9-17(10-12-23)22-20(25)16-6-3-2-4-7-16/h2-8,13,15,17H,9-12,14H2,1H3,(H,21,24)(H,22,25). The summed E-state index contributed by atoms with van der Waals surface area (Å²) in [5.74, 6) is 0.704. The Morgan fingerprint density at radius 3 is 2.54 bits per heavy atom. The Hall–Kier alpha value is -2.60. The fourth-order valence-electron chi connectivity index (χ4n) is 3.19. The van der Waals surface area contributed by atoms with Gasteiger partial charge in [-0.05, 0) is 44.0 Å². The molecule has 0 aliphatic carbocycles. The molecule has 0 spiro atoms. The van der Waals surface area contributed by atoms with E-state index in [1.807, 2.05) is 49.4 Å². The fraction of sp³-hybridized carbons (Fsp3) is 0.400. The number of carbonyl (C=O) groups excluding carboxylic acids is 2. The molecule has 6 nitrogen and oxygen atoms in total. The maximum Gasteiger partial charge on any atom is 0.251 e.